The molecule has 9 heteroatoms. The molecule has 1 aromatic carbocycles. The highest BCUT2D eigenvalue weighted by Crippen LogP contribution is 2.54. The Balaban J connectivity index is 1.36. The Morgan fingerprint density at radius 2 is 2.06 bits per heavy atom. The van der Waals surface area contributed by atoms with Gasteiger partial charge < -0.3 is 9.64 Å². The Labute approximate surface area is 212 Å². The van der Waals surface area contributed by atoms with E-state index < -0.39 is 0 Å². The Bertz CT molecular complexity index is 1400. The Hall–Kier alpha value is -2.55. The van der Waals surface area contributed by atoms with Gasteiger partial charge in [-0.05, 0) is 51.2 Å². The Kier molecular flexibility index (Phi) is 4.79. The summed E-state index contributed by atoms with van der Waals surface area (Å²) in [6.07, 6.45) is 3.47. The van der Waals surface area contributed by atoms with Crippen LogP contribution in [0.4, 0.5) is 0 Å². The molecule has 0 radical (unpaired) electrons. The minimum atomic E-state index is -0.348. The van der Waals surface area contributed by atoms with Crippen molar-refractivity contribution in [1.29, 1.82) is 0 Å². The lowest BCUT2D eigenvalue weighted by Crippen LogP contribution is -2.47. The van der Waals surface area contributed by atoms with E-state index in [0.717, 1.165) is 59.2 Å². The molecule has 1 spiro atoms. The van der Waals surface area contributed by atoms with Gasteiger partial charge in [-0.1, -0.05) is 29.8 Å². The molecule has 4 aliphatic rings. The van der Waals surface area contributed by atoms with Crippen LogP contribution in [-0.2, 0) is 27.9 Å². The summed E-state index contributed by atoms with van der Waals surface area (Å²) in [5.41, 5.74) is 3.87. The number of thiophene rings is 1. The third-order valence-electron chi connectivity index (χ3n) is 7.72. The van der Waals surface area contributed by atoms with Gasteiger partial charge in [0.05, 0.1) is 18.4 Å². The molecule has 35 heavy (non-hydrogen) atoms. The van der Waals surface area contributed by atoms with Crippen LogP contribution in [0.2, 0.25) is 5.02 Å². The van der Waals surface area contributed by atoms with Crippen molar-refractivity contribution in [3.63, 3.8) is 0 Å². The van der Waals surface area contributed by atoms with Gasteiger partial charge in [0.15, 0.2) is 5.82 Å². The van der Waals surface area contributed by atoms with Gasteiger partial charge in [-0.3, -0.25) is 14.4 Å². The number of morpholine rings is 1. The summed E-state index contributed by atoms with van der Waals surface area (Å²) in [7, 11) is 0. The molecular weight excluding hydrogens is 482 g/mol. The van der Waals surface area contributed by atoms with Crippen LogP contribution in [0.15, 0.2) is 29.3 Å². The summed E-state index contributed by atoms with van der Waals surface area (Å²) in [6.45, 7) is 5.98. The SMILES string of the molecule is Cc1nnc2n1-c1sc3c(c1C(c1ccccc1Cl)=NC21CC1)C[C@H](C(=O)N1CCO[C@@H](C)C1)C3. The molecule has 1 saturated carbocycles. The van der Waals surface area contributed by atoms with E-state index >= 15 is 0 Å². The van der Waals surface area contributed by atoms with E-state index in [-0.39, 0.29) is 23.5 Å². The molecule has 7 rings (SSSR count). The molecule has 1 saturated heterocycles. The Morgan fingerprint density at radius 1 is 1.23 bits per heavy atom. The van der Waals surface area contributed by atoms with Crippen LogP contribution in [0.3, 0.4) is 0 Å². The van der Waals surface area contributed by atoms with E-state index in [4.69, 9.17) is 21.3 Å². The normalized spacial score (nSPS) is 24.0. The second-order valence-corrected chi connectivity index (χ2v) is 11.6. The quantitative estimate of drug-likeness (QED) is 0.523. The number of hydrogen-bond acceptors (Lipinski definition) is 6. The average molecular weight is 508 g/mol. The highest BCUT2D eigenvalue weighted by atomic mass is 35.5. The largest absolute Gasteiger partial charge is 0.375 e. The van der Waals surface area contributed by atoms with Crippen LogP contribution in [0.5, 0.6) is 0 Å². The number of carbonyl (C=O) groups excluding carboxylic acids is 1. The lowest BCUT2D eigenvalue weighted by Gasteiger charge is -2.33. The van der Waals surface area contributed by atoms with Gasteiger partial charge in [-0.25, -0.2) is 0 Å². The number of carbonyl (C=O) groups is 1. The summed E-state index contributed by atoms with van der Waals surface area (Å²) >= 11 is 8.50. The van der Waals surface area contributed by atoms with E-state index in [9.17, 15) is 4.79 Å². The summed E-state index contributed by atoms with van der Waals surface area (Å²) in [6, 6.07) is 7.94. The second kappa shape index (κ2) is 7.72. The number of aliphatic imine (C=N–C) groups is 1. The highest BCUT2D eigenvalue weighted by Gasteiger charge is 2.52. The van der Waals surface area contributed by atoms with Crippen molar-refractivity contribution in [2.24, 2.45) is 10.9 Å². The zero-order chi connectivity index (χ0) is 23.9. The van der Waals surface area contributed by atoms with E-state index in [1.807, 2.05) is 36.9 Å². The first-order valence-corrected chi connectivity index (χ1v) is 13.5. The fourth-order valence-electron chi connectivity index (χ4n) is 5.80. The minimum absolute atomic E-state index is 0.0426. The molecule has 2 aliphatic heterocycles. The molecule has 2 aromatic heterocycles. The van der Waals surface area contributed by atoms with Gasteiger partial charge in [0.2, 0.25) is 5.91 Å². The van der Waals surface area contributed by atoms with Crippen LogP contribution in [0.25, 0.3) is 5.00 Å². The molecule has 0 bridgehead atoms. The van der Waals surface area contributed by atoms with Crippen LogP contribution in [0, 0.1) is 12.8 Å². The first-order valence-electron chi connectivity index (χ1n) is 12.3. The van der Waals surface area contributed by atoms with Crippen LogP contribution >= 0.6 is 22.9 Å². The van der Waals surface area contributed by atoms with Crippen molar-refractivity contribution in [3.05, 3.63) is 62.5 Å². The molecule has 0 unspecified atom stereocenters. The van der Waals surface area contributed by atoms with Crippen molar-refractivity contribution in [2.45, 2.75) is 51.2 Å². The highest BCUT2D eigenvalue weighted by molar-refractivity contribution is 7.15. The lowest BCUT2D eigenvalue weighted by molar-refractivity contribution is -0.142. The number of fused-ring (bicyclic) bond motifs is 6. The number of nitrogens with zero attached hydrogens (tertiary/aromatic N) is 5. The van der Waals surface area contributed by atoms with E-state index in [0.29, 0.717) is 24.7 Å². The topological polar surface area (TPSA) is 72.6 Å². The lowest BCUT2D eigenvalue weighted by atomic mass is 9.97. The van der Waals surface area contributed by atoms with E-state index in [1.165, 1.54) is 10.4 Å². The molecule has 2 fully saturated rings. The number of halogens is 1. The third kappa shape index (κ3) is 3.26. The van der Waals surface area contributed by atoms with Gasteiger partial charge in [-0.15, -0.1) is 21.5 Å². The molecular formula is C26H26ClN5O2S. The first-order chi connectivity index (χ1) is 16.9. The molecule has 0 N–H and O–H groups in total. The van der Waals surface area contributed by atoms with Crippen molar-refractivity contribution in [2.75, 3.05) is 19.7 Å². The maximum Gasteiger partial charge on any atom is 0.226 e. The molecule has 2 aliphatic carbocycles. The zero-order valence-corrected chi connectivity index (χ0v) is 21.3. The number of aromatic nitrogens is 3. The maximum absolute atomic E-state index is 13.5. The minimum Gasteiger partial charge on any atom is -0.375 e. The fourth-order valence-corrected chi connectivity index (χ4v) is 7.49. The molecule has 2 atom stereocenters. The summed E-state index contributed by atoms with van der Waals surface area (Å²) in [4.78, 5) is 22.1. The first kappa shape index (κ1) is 21.7. The van der Waals surface area contributed by atoms with Crippen molar-refractivity contribution < 1.29 is 9.53 Å². The van der Waals surface area contributed by atoms with E-state index in [2.05, 4.69) is 20.8 Å². The van der Waals surface area contributed by atoms with Gasteiger partial charge >= 0.3 is 0 Å². The van der Waals surface area contributed by atoms with Crippen molar-refractivity contribution in [3.8, 4) is 5.00 Å². The van der Waals surface area contributed by atoms with Gasteiger partial charge in [-0.2, -0.15) is 0 Å². The van der Waals surface area contributed by atoms with Gasteiger partial charge in [0.1, 0.15) is 16.4 Å². The summed E-state index contributed by atoms with van der Waals surface area (Å²) in [5, 5.41) is 10.8. The van der Waals surface area contributed by atoms with Crippen molar-refractivity contribution >= 4 is 34.6 Å². The molecule has 1 amide bonds. The molecule has 4 heterocycles. The fraction of sp³-hybridized carbons (Fsp3) is 0.462. The molecule has 180 valence electrons. The second-order valence-electron chi connectivity index (χ2n) is 10.1. The zero-order valence-electron chi connectivity index (χ0n) is 19.8. The summed E-state index contributed by atoms with van der Waals surface area (Å²) < 4.78 is 7.87. The van der Waals surface area contributed by atoms with E-state index in [1.54, 1.807) is 11.3 Å². The smallest absolute Gasteiger partial charge is 0.226 e. The number of ether oxygens (including phenoxy) is 1. The molecule has 3 aromatic rings. The van der Waals surface area contributed by atoms with Crippen LogP contribution in [0.1, 0.15) is 53.0 Å². The van der Waals surface area contributed by atoms with Gasteiger partial charge in [0, 0.05) is 40.0 Å². The molecule has 7 nitrogen and oxygen atoms in total. The van der Waals surface area contributed by atoms with Crippen molar-refractivity contribution in [1.82, 2.24) is 19.7 Å². The monoisotopic (exact) mass is 507 g/mol. The summed E-state index contributed by atoms with van der Waals surface area (Å²) in [5.74, 6) is 1.99. The number of rotatable bonds is 2. The number of benzene rings is 1. The Morgan fingerprint density at radius 3 is 2.83 bits per heavy atom. The van der Waals surface area contributed by atoms with Gasteiger partial charge in [0.25, 0.3) is 0 Å². The predicted molar refractivity (Wildman–Crippen MR) is 135 cm³/mol. The van der Waals surface area contributed by atoms with Crippen LogP contribution in [-0.4, -0.2) is 57.1 Å². The average Bonchev–Trinajstić information content (AvgIpc) is 3.19. The maximum atomic E-state index is 13.5. The third-order valence-corrected chi connectivity index (χ3v) is 9.28. The number of amides is 1. The predicted octanol–water partition coefficient (Wildman–Crippen LogP) is 4.09. The standard InChI is InChI=1S/C26H26ClN5O2S/c1-14-13-31(9-10-34-14)23(33)16-11-18-20(12-16)35-24-21(18)22(17-5-3-4-6-19(17)27)28-26(7-8-26)25-30-29-15(2)32(24)25/h3-6,14,16H,7-13H2,1-2H3/t14-,16-/m0/s1. The number of aryl methyl sites for hydroxylation is 1. The number of hydrogen-bond donors (Lipinski definition) is 0. The van der Waals surface area contributed by atoms with Crippen LogP contribution < -0.4 is 0 Å².